The van der Waals surface area contributed by atoms with Crippen molar-refractivity contribution in [2.75, 3.05) is 13.6 Å². The highest BCUT2D eigenvalue weighted by Crippen LogP contribution is 2.03. The van der Waals surface area contributed by atoms with E-state index in [9.17, 15) is 9.59 Å². The van der Waals surface area contributed by atoms with Crippen LogP contribution in [0, 0.1) is 11.3 Å². The number of nitrogens with one attached hydrogen (secondary N) is 1. The lowest BCUT2D eigenvalue weighted by molar-refractivity contribution is -0.137. The van der Waals surface area contributed by atoms with Crippen LogP contribution < -0.4 is 5.32 Å². The molecule has 0 fully saturated rings. The normalized spacial score (nSPS) is 9.47. The van der Waals surface area contributed by atoms with Gasteiger partial charge in [0.25, 0.3) is 0 Å². The Bertz CT molecular complexity index is 508. The van der Waals surface area contributed by atoms with Crippen LogP contribution >= 0.6 is 0 Å². The summed E-state index contributed by atoms with van der Waals surface area (Å²) >= 11 is 0. The number of nitrogens with zero attached hydrogens (tertiary/aromatic N) is 2. The zero-order valence-electron chi connectivity index (χ0n) is 10.6. The van der Waals surface area contributed by atoms with Crippen LogP contribution in [0.3, 0.4) is 0 Å². The Morgan fingerprint density at radius 1 is 1.47 bits per heavy atom. The molecule has 6 heteroatoms. The van der Waals surface area contributed by atoms with Gasteiger partial charge in [0.1, 0.15) is 0 Å². The maximum absolute atomic E-state index is 11.6. The van der Waals surface area contributed by atoms with E-state index >= 15 is 0 Å². The molecule has 100 valence electrons. The smallest absolute Gasteiger partial charge is 0.317 e. The average molecular weight is 261 g/mol. The summed E-state index contributed by atoms with van der Waals surface area (Å²) in [6.45, 7) is 0.450. The van der Waals surface area contributed by atoms with Crippen LogP contribution in [0.4, 0.5) is 4.79 Å². The lowest BCUT2D eigenvalue weighted by Gasteiger charge is -2.16. The largest absolute Gasteiger partial charge is 0.481 e. The summed E-state index contributed by atoms with van der Waals surface area (Å²) in [5.74, 6) is -0.943. The first kappa shape index (κ1) is 14.5. The van der Waals surface area contributed by atoms with Crippen molar-refractivity contribution >= 4 is 12.0 Å². The van der Waals surface area contributed by atoms with Gasteiger partial charge < -0.3 is 15.3 Å². The Balaban J connectivity index is 2.45. The number of rotatable bonds is 5. The number of carboxylic acid groups (broad SMARTS) is 1. The first-order valence-electron chi connectivity index (χ1n) is 5.72. The molecule has 2 amide bonds. The second-order valence-electron chi connectivity index (χ2n) is 4.04. The number of carbonyl (C=O) groups excluding carboxylic acids is 1. The van der Waals surface area contributed by atoms with E-state index < -0.39 is 5.97 Å². The predicted octanol–water partition coefficient (Wildman–Crippen LogP) is 1.17. The summed E-state index contributed by atoms with van der Waals surface area (Å²) in [5, 5.41) is 19.9. The number of urea groups is 1. The van der Waals surface area contributed by atoms with E-state index in [0.717, 1.165) is 5.56 Å². The fourth-order valence-corrected chi connectivity index (χ4v) is 1.43. The molecule has 1 aromatic carbocycles. The summed E-state index contributed by atoms with van der Waals surface area (Å²) in [5.41, 5.74) is 1.35. The van der Waals surface area contributed by atoms with Crippen molar-refractivity contribution in [3.63, 3.8) is 0 Å². The molecule has 0 saturated carbocycles. The number of nitriles is 1. The minimum atomic E-state index is -0.943. The third kappa shape index (κ3) is 5.08. The highest BCUT2D eigenvalue weighted by molar-refractivity contribution is 5.75. The van der Waals surface area contributed by atoms with E-state index in [2.05, 4.69) is 5.32 Å². The van der Waals surface area contributed by atoms with Crippen LogP contribution in [0.25, 0.3) is 0 Å². The van der Waals surface area contributed by atoms with E-state index in [-0.39, 0.29) is 19.0 Å². The molecular weight excluding hydrogens is 246 g/mol. The van der Waals surface area contributed by atoms with E-state index in [4.69, 9.17) is 10.4 Å². The van der Waals surface area contributed by atoms with Crippen LogP contribution in [0.15, 0.2) is 24.3 Å². The van der Waals surface area contributed by atoms with Crippen LogP contribution in [-0.4, -0.2) is 35.6 Å². The Kier molecular flexibility index (Phi) is 5.35. The minimum Gasteiger partial charge on any atom is -0.481 e. The topological polar surface area (TPSA) is 93.4 Å². The van der Waals surface area contributed by atoms with Gasteiger partial charge in [-0.1, -0.05) is 12.1 Å². The third-order valence-corrected chi connectivity index (χ3v) is 2.51. The highest BCUT2D eigenvalue weighted by atomic mass is 16.4. The number of carbonyl (C=O) groups is 2. The maximum Gasteiger partial charge on any atom is 0.317 e. The summed E-state index contributed by atoms with van der Waals surface area (Å²) in [7, 11) is 1.53. The lowest BCUT2D eigenvalue weighted by Crippen LogP contribution is -2.37. The van der Waals surface area contributed by atoms with Gasteiger partial charge >= 0.3 is 12.0 Å². The van der Waals surface area contributed by atoms with Gasteiger partial charge in [-0.3, -0.25) is 4.79 Å². The minimum absolute atomic E-state index is 0.0894. The van der Waals surface area contributed by atoms with Crippen molar-refractivity contribution in [2.45, 2.75) is 13.0 Å². The van der Waals surface area contributed by atoms with Gasteiger partial charge in [-0.05, 0) is 17.7 Å². The predicted molar refractivity (Wildman–Crippen MR) is 68.3 cm³/mol. The van der Waals surface area contributed by atoms with Crippen molar-refractivity contribution in [1.29, 1.82) is 5.26 Å². The summed E-state index contributed by atoms with van der Waals surface area (Å²) in [6, 6.07) is 8.60. The fraction of sp³-hybridized carbons (Fsp3) is 0.308. The number of carboxylic acids is 1. The van der Waals surface area contributed by atoms with Crippen molar-refractivity contribution in [3.8, 4) is 6.07 Å². The third-order valence-electron chi connectivity index (χ3n) is 2.51. The molecule has 0 aliphatic carbocycles. The van der Waals surface area contributed by atoms with Gasteiger partial charge in [-0.25, -0.2) is 4.79 Å². The molecule has 0 bridgehead atoms. The number of hydrogen-bond donors (Lipinski definition) is 2. The van der Waals surface area contributed by atoms with E-state index in [1.54, 1.807) is 24.3 Å². The number of hydrogen-bond acceptors (Lipinski definition) is 3. The standard InChI is InChI=1S/C13H15N3O3/c1-16(6-5-12(17)18)13(19)15-9-11-4-2-3-10(7-11)8-14/h2-4,7H,5-6,9H2,1H3,(H,15,19)(H,17,18). The van der Waals surface area contributed by atoms with Gasteiger partial charge in [0.15, 0.2) is 0 Å². The van der Waals surface area contributed by atoms with Crippen LogP contribution in [0.2, 0.25) is 0 Å². The molecule has 1 rings (SSSR count). The number of benzene rings is 1. The molecule has 1 aromatic rings. The van der Waals surface area contributed by atoms with Crippen LogP contribution in [0.1, 0.15) is 17.5 Å². The van der Waals surface area contributed by atoms with Crippen molar-refractivity contribution in [2.24, 2.45) is 0 Å². The second kappa shape index (κ2) is 7.01. The number of aliphatic carboxylic acids is 1. The van der Waals surface area contributed by atoms with Gasteiger partial charge in [0.2, 0.25) is 0 Å². The second-order valence-corrected chi connectivity index (χ2v) is 4.04. The van der Waals surface area contributed by atoms with Crippen LogP contribution in [0.5, 0.6) is 0 Å². The first-order chi connectivity index (χ1) is 9.02. The first-order valence-corrected chi connectivity index (χ1v) is 5.72. The molecule has 0 spiro atoms. The van der Waals surface area contributed by atoms with E-state index in [1.165, 1.54) is 11.9 Å². The summed E-state index contributed by atoms with van der Waals surface area (Å²) < 4.78 is 0. The monoisotopic (exact) mass is 261 g/mol. The molecule has 2 N–H and O–H groups in total. The van der Waals surface area contributed by atoms with Crippen molar-refractivity contribution < 1.29 is 14.7 Å². The quantitative estimate of drug-likeness (QED) is 0.832. The summed E-state index contributed by atoms with van der Waals surface area (Å²) in [4.78, 5) is 23.3. The molecule has 0 radical (unpaired) electrons. The zero-order valence-corrected chi connectivity index (χ0v) is 10.6. The Morgan fingerprint density at radius 3 is 2.84 bits per heavy atom. The maximum atomic E-state index is 11.6. The lowest BCUT2D eigenvalue weighted by atomic mass is 10.1. The molecule has 19 heavy (non-hydrogen) atoms. The molecule has 0 unspecified atom stereocenters. The summed E-state index contributed by atoms with van der Waals surface area (Å²) in [6.07, 6.45) is -0.0894. The SMILES string of the molecule is CN(CCC(=O)O)C(=O)NCc1cccc(C#N)c1. The molecule has 0 saturated heterocycles. The molecular formula is C13H15N3O3. The van der Waals surface area contributed by atoms with E-state index in [1.807, 2.05) is 6.07 Å². The van der Waals surface area contributed by atoms with Crippen molar-refractivity contribution in [3.05, 3.63) is 35.4 Å². The molecule has 0 heterocycles. The van der Waals surface area contributed by atoms with Crippen molar-refractivity contribution in [1.82, 2.24) is 10.2 Å². The fourth-order valence-electron chi connectivity index (χ4n) is 1.43. The Labute approximate surface area is 111 Å². The zero-order chi connectivity index (χ0) is 14.3. The van der Waals surface area contributed by atoms with Gasteiger partial charge in [-0.2, -0.15) is 5.26 Å². The molecule has 0 atom stereocenters. The molecule has 0 aliphatic rings. The number of amides is 2. The van der Waals surface area contributed by atoms with Gasteiger partial charge in [0, 0.05) is 20.1 Å². The van der Waals surface area contributed by atoms with Gasteiger partial charge in [0.05, 0.1) is 18.1 Å². The van der Waals surface area contributed by atoms with Gasteiger partial charge in [-0.15, -0.1) is 0 Å². The highest BCUT2D eigenvalue weighted by Gasteiger charge is 2.09. The van der Waals surface area contributed by atoms with E-state index in [0.29, 0.717) is 12.1 Å². The Hall–Kier alpha value is -2.55. The Morgan fingerprint density at radius 2 is 2.21 bits per heavy atom. The van der Waals surface area contributed by atoms with Crippen LogP contribution in [-0.2, 0) is 11.3 Å². The molecule has 6 nitrogen and oxygen atoms in total. The average Bonchev–Trinajstić information content (AvgIpc) is 2.42. The molecule has 0 aromatic heterocycles. The molecule has 0 aliphatic heterocycles.